The summed E-state index contributed by atoms with van der Waals surface area (Å²) >= 11 is 8.72. The van der Waals surface area contributed by atoms with E-state index in [1.165, 1.54) is 23.1 Å². The van der Waals surface area contributed by atoms with E-state index < -0.39 is 5.25 Å². The molecule has 23 heavy (non-hydrogen) atoms. The minimum atomic E-state index is -0.467. The highest BCUT2D eigenvalue weighted by Gasteiger charge is 2.29. The van der Waals surface area contributed by atoms with Gasteiger partial charge < -0.3 is 10.6 Å². The highest BCUT2D eigenvalue weighted by atomic mass is 35.5. The first-order valence-electron chi connectivity index (χ1n) is 6.93. The maximum absolute atomic E-state index is 12.2. The van der Waals surface area contributed by atoms with Gasteiger partial charge in [-0.1, -0.05) is 11.6 Å². The van der Waals surface area contributed by atoms with Crippen LogP contribution in [0.1, 0.15) is 17.0 Å². The monoisotopic (exact) mass is 367 g/mol. The van der Waals surface area contributed by atoms with E-state index in [0.29, 0.717) is 15.8 Å². The molecule has 1 atom stereocenters. The molecule has 5 nitrogen and oxygen atoms in total. The van der Waals surface area contributed by atoms with E-state index in [1.54, 1.807) is 12.1 Å². The molecule has 0 fully saturated rings. The number of fused-ring (bicyclic) bond motifs is 1. The fourth-order valence-corrected chi connectivity index (χ4v) is 4.22. The van der Waals surface area contributed by atoms with Crippen molar-refractivity contribution < 1.29 is 9.59 Å². The lowest BCUT2D eigenvalue weighted by Gasteiger charge is -2.23. The largest absolute Gasteiger partial charge is 0.324 e. The molecule has 1 aliphatic rings. The summed E-state index contributed by atoms with van der Waals surface area (Å²) in [5.41, 5.74) is 1.59. The maximum Gasteiger partial charge on any atom is 0.238 e. The van der Waals surface area contributed by atoms with Gasteiger partial charge in [-0.3, -0.25) is 9.59 Å². The summed E-state index contributed by atoms with van der Waals surface area (Å²) in [5.74, 6) is -0.407. The molecule has 1 aromatic carbocycles. The van der Waals surface area contributed by atoms with E-state index in [1.807, 2.05) is 19.9 Å². The fourth-order valence-electron chi connectivity index (χ4n) is 2.12. The standard InChI is InChI=1S/C15H14ClN3O2S2/c1-7-8(2)22-15(17-7)19-13(20)6-12-14(21)18-10-5-9(16)3-4-11(10)23-12/h3-5,12H,6H2,1-2H3,(H,18,21)(H,17,19,20)/t12-/m0/s1. The van der Waals surface area contributed by atoms with Crippen LogP contribution < -0.4 is 10.6 Å². The number of anilines is 2. The van der Waals surface area contributed by atoms with Crippen LogP contribution in [0.2, 0.25) is 5.02 Å². The zero-order valence-electron chi connectivity index (χ0n) is 12.5. The Morgan fingerprint density at radius 1 is 1.43 bits per heavy atom. The first kappa shape index (κ1) is 16.3. The van der Waals surface area contributed by atoms with Gasteiger partial charge in [0.25, 0.3) is 0 Å². The second-order valence-electron chi connectivity index (χ2n) is 5.15. The molecule has 1 aromatic heterocycles. The molecule has 1 aliphatic heterocycles. The number of nitrogens with zero attached hydrogens (tertiary/aromatic N) is 1. The van der Waals surface area contributed by atoms with Gasteiger partial charge in [-0.05, 0) is 32.0 Å². The second kappa shape index (κ2) is 6.51. The first-order valence-corrected chi connectivity index (χ1v) is 9.01. The Balaban J connectivity index is 1.67. The summed E-state index contributed by atoms with van der Waals surface area (Å²) in [6.07, 6.45) is 0.0935. The molecule has 0 saturated heterocycles. The summed E-state index contributed by atoms with van der Waals surface area (Å²) < 4.78 is 0. The number of hydrogen-bond donors (Lipinski definition) is 2. The summed E-state index contributed by atoms with van der Waals surface area (Å²) in [6.45, 7) is 3.85. The Morgan fingerprint density at radius 2 is 2.22 bits per heavy atom. The minimum absolute atomic E-state index is 0.0935. The molecule has 0 aliphatic carbocycles. The topological polar surface area (TPSA) is 71.1 Å². The molecule has 0 radical (unpaired) electrons. The van der Waals surface area contributed by atoms with Crippen molar-refractivity contribution in [2.45, 2.75) is 30.4 Å². The average molecular weight is 368 g/mol. The maximum atomic E-state index is 12.2. The van der Waals surface area contributed by atoms with Gasteiger partial charge in [0.05, 0.1) is 16.6 Å². The molecule has 120 valence electrons. The fraction of sp³-hybridized carbons (Fsp3) is 0.267. The van der Waals surface area contributed by atoms with E-state index >= 15 is 0 Å². The third-order valence-corrected chi connectivity index (χ3v) is 5.91. The number of benzene rings is 1. The number of hydrogen-bond acceptors (Lipinski definition) is 5. The highest BCUT2D eigenvalue weighted by molar-refractivity contribution is 8.01. The normalized spacial score (nSPS) is 16.7. The molecule has 2 heterocycles. The van der Waals surface area contributed by atoms with E-state index in [-0.39, 0.29) is 18.2 Å². The number of carbonyl (C=O) groups excluding carboxylic acids is 2. The van der Waals surface area contributed by atoms with Gasteiger partial charge >= 0.3 is 0 Å². The van der Waals surface area contributed by atoms with Gasteiger partial charge in [0.1, 0.15) is 0 Å². The average Bonchev–Trinajstić information content (AvgIpc) is 2.78. The van der Waals surface area contributed by atoms with Gasteiger partial charge in [-0.25, -0.2) is 4.98 Å². The third-order valence-electron chi connectivity index (χ3n) is 3.41. The van der Waals surface area contributed by atoms with Crippen molar-refractivity contribution in [3.63, 3.8) is 0 Å². The number of halogens is 1. The molecule has 0 unspecified atom stereocenters. The zero-order chi connectivity index (χ0) is 16.6. The number of carbonyl (C=O) groups is 2. The van der Waals surface area contributed by atoms with Crippen molar-refractivity contribution in [3.05, 3.63) is 33.8 Å². The molecule has 0 bridgehead atoms. The van der Waals surface area contributed by atoms with Crippen molar-refractivity contribution in [1.82, 2.24) is 4.98 Å². The predicted octanol–water partition coefficient (Wildman–Crippen LogP) is 3.85. The molecular weight excluding hydrogens is 354 g/mol. The molecule has 8 heteroatoms. The number of nitrogens with one attached hydrogen (secondary N) is 2. The Morgan fingerprint density at radius 3 is 2.91 bits per heavy atom. The molecule has 0 spiro atoms. The lowest BCUT2D eigenvalue weighted by Crippen LogP contribution is -2.32. The SMILES string of the molecule is Cc1nc(NC(=O)C[C@@H]2Sc3ccc(Cl)cc3NC2=O)sc1C. The molecule has 2 aromatic rings. The smallest absolute Gasteiger partial charge is 0.238 e. The predicted molar refractivity (Wildman–Crippen MR) is 94.6 cm³/mol. The third kappa shape index (κ3) is 3.68. The zero-order valence-corrected chi connectivity index (χ0v) is 14.9. The summed E-state index contributed by atoms with van der Waals surface area (Å²) in [4.78, 5) is 30.5. The van der Waals surface area contributed by atoms with Crippen molar-refractivity contribution in [1.29, 1.82) is 0 Å². The Bertz CT molecular complexity index is 772. The summed E-state index contributed by atoms with van der Waals surface area (Å²) in [7, 11) is 0. The number of thioether (sulfide) groups is 1. The molecular formula is C15H14ClN3O2S2. The minimum Gasteiger partial charge on any atom is -0.324 e. The number of amides is 2. The van der Waals surface area contributed by atoms with Crippen LogP contribution in [-0.4, -0.2) is 22.0 Å². The lowest BCUT2D eigenvalue weighted by molar-refractivity contribution is -0.120. The van der Waals surface area contributed by atoms with Crippen molar-refractivity contribution in [2.75, 3.05) is 10.6 Å². The van der Waals surface area contributed by atoms with E-state index in [4.69, 9.17) is 11.6 Å². The van der Waals surface area contributed by atoms with Crippen LogP contribution in [0.25, 0.3) is 0 Å². The van der Waals surface area contributed by atoms with Crippen molar-refractivity contribution in [3.8, 4) is 0 Å². The van der Waals surface area contributed by atoms with Gasteiger partial charge in [0.15, 0.2) is 5.13 Å². The van der Waals surface area contributed by atoms with E-state index in [2.05, 4.69) is 15.6 Å². The van der Waals surface area contributed by atoms with Crippen molar-refractivity contribution >= 4 is 57.3 Å². The van der Waals surface area contributed by atoms with Gasteiger partial charge in [-0.2, -0.15) is 0 Å². The number of thiazole rings is 1. The lowest BCUT2D eigenvalue weighted by atomic mass is 10.2. The number of aryl methyl sites for hydroxylation is 2. The number of rotatable bonds is 3. The molecule has 2 amide bonds. The highest BCUT2D eigenvalue weighted by Crippen LogP contribution is 2.38. The van der Waals surface area contributed by atoms with E-state index in [0.717, 1.165) is 15.5 Å². The van der Waals surface area contributed by atoms with Crippen LogP contribution in [0.3, 0.4) is 0 Å². The van der Waals surface area contributed by atoms with Crippen molar-refractivity contribution in [2.24, 2.45) is 0 Å². The second-order valence-corrected chi connectivity index (χ2v) is 8.03. The number of aromatic nitrogens is 1. The molecule has 0 saturated carbocycles. The van der Waals surface area contributed by atoms with Crippen LogP contribution in [0, 0.1) is 13.8 Å². The summed E-state index contributed by atoms with van der Waals surface area (Å²) in [6, 6.07) is 5.32. The van der Waals surface area contributed by atoms with Gasteiger partial charge in [0.2, 0.25) is 11.8 Å². The van der Waals surface area contributed by atoms with Crippen LogP contribution in [0.5, 0.6) is 0 Å². The van der Waals surface area contributed by atoms with Crippen LogP contribution in [0.4, 0.5) is 10.8 Å². The Labute approximate surface area is 146 Å². The first-order chi connectivity index (χ1) is 10.9. The molecule has 2 N–H and O–H groups in total. The quantitative estimate of drug-likeness (QED) is 0.864. The van der Waals surface area contributed by atoms with Gasteiger partial charge in [-0.15, -0.1) is 23.1 Å². The Kier molecular flexibility index (Phi) is 4.61. The van der Waals surface area contributed by atoms with Crippen LogP contribution >= 0.6 is 34.7 Å². The Hall–Kier alpha value is -1.57. The van der Waals surface area contributed by atoms with E-state index in [9.17, 15) is 9.59 Å². The molecule has 3 rings (SSSR count). The summed E-state index contributed by atoms with van der Waals surface area (Å²) in [5, 5.41) is 6.22. The van der Waals surface area contributed by atoms with Crippen LogP contribution in [-0.2, 0) is 9.59 Å². The van der Waals surface area contributed by atoms with Gasteiger partial charge in [0, 0.05) is 21.2 Å². The van der Waals surface area contributed by atoms with Crippen LogP contribution in [0.15, 0.2) is 23.1 Å².